The van der Waals surface area contributed by atoms with Gasteiger partial charge in [-0.15, -0.1) is 0 Å². The normalized spacial score (nSPS) is 12.7. The van der Waals surface area contributed by atoms with Crippen molar-refractivity contribution in [3.8, 4) is 0 Å². The Morgan fingerprint density at radius 2 is 0.603 bits per heavy atom. The average Bonchev–Trinajstić information content (AvgIpc) is 3.44. The number of unbranched alkanes of at least 4 members (excludes halogenated alkanes) is 51. The molecule has 0 aromatic heterocycles. The third-order valence-corrected chi connectivity index (χ3v) is 16.4. The average molecular weight is 1100 g/mol. The number of nitrogens with one attached hydrogen (secondary N) is 1. The van der Waals surface area contributed by atoms with Crippen LogP contribution in [-0.4, -0.2) is 47.4 Å². The number of aliphatic hydroxyl groups excluding tert-OH is 2. The number of aliphatic hydroxyl groups is 2. The molecule has 0 rings (SSSR count). The number of hydrogen-bond donors (Lipinski definition) is 3. The summed E-state index contributed by atoms with van der Waals surface area (Å²) in [5.41, 5.74) is 0. The highest BCUT2D eigenvalue weighted by molar-refractivity contribution is 5.76. The van der Waals surface area contributed by atoms with Crippen LogP contribution in [0.5, 0.6) is 0 Å². The molecule has 0 aliphatic carbocycles. The van der Waals surface area contributed by atoms with E-state index in [4.69, 9.17) is 4.74 Å². The summed E-state index contributed by atoms with van der Waals surface area (Å²) in [5, 5.41) is 23.2. The first-order valence-electron chi connectivity index (χ1n) is 35.3. The molecule has 3 N–H and O–H groups in total. The smallest absolute Gasteiger partial charge is 0.305 e. The third-order valence-electron chi connectivity index (χ3n) is 16.4. The Kier molecular flexibility index (Phi) is 65.9. The Morgan fingerprint density at radius 1 is 0.346 bits per heavy atom. The van der Waals surface area contributed by atoms with Crippen LogP contribution in [0.4, 0.5) is 0 Å². The van der Waals surface area contributed by atoms with Crippen LogP contribution in [0, 0.1) is 0 Å². The van der Waals surface area contributed by atoms with E-state index in [0.717, 1.165) is 44.9 Å². The van der Waals surface area contributed by atoms with Crippen LogP contribution >= 0.6 is 0 Å². The minimum atomic E-state index is -0.844. The summed E-state index contributed by atoms with van der Waals surface area (Å²) in [4.78, 5) is 24.5. The summed E-state index contributed by atoms with van der Waals surface area (Å²) in [6, 6.07) is -0.627. The fraction of sp³-hybridized carbons (Fsp3) is 0.889. The summed E-state index contributed by atoms with van der Waals surface area (Å²) in [6.45, 7) is 4.91. The van der Waals surface area contributed by atoms with E-state index in [2.05, 4.69) is 43.5 Å². The van der Waals surface area contributed by atoms with Gasteiger partial charge in [0.15, 0.2) is 0 Å². The molecule has 0 aliphatic rings. The zero-order chi connectivity index (χ0) is 56.4. The van der Waals surface area contributed by atoms with Crippen LogP contribution in [0.2, 0.25) is 0 Å². The number of esters is 1. The van der Waals surface area contributed by atoms with E-state index >= 15 is 0 Å². The van der Waals surface area contributed by atoms with Crippen LogP contribution in [0.1, 0.15) is 386 Å². The molecular formula is C72H137NO5. The van der Waals surface area contributed by atoms with Gasteiger partial charge in [0.1, 0.15) is 0 Å². The molecule has 2 atom stereocenters. The maximum absolute atomic E-state index is 12.5. The van der Waals surface area contributed by atoms with E-state index in [9.17, 15) is 19.8 Å². The van der Waals surface area contributed by atoms with Gasteiger partial charge in [-0.3, -0.25) is 9.59 Å². The van der Waals surface area contributed by atoms with Crippen molar-refractivity contribution in [3.05, 3.63) is 36.5 Å². The standard InChI is InChI=1S/C72H137NO5/c1-3-5-7-9-11-13-15-17-18-19-32-35-38-41-44-48-52-56-60-64-70(75)69(68-74)73-71(76)65-61-57-53-49-45-42-39-36-33-30-28-26-24-22-20-21-23-25-27-29-31-34-37-40-43-47-51-55-59-63-67-78-72(77)66-62-58-54-50-46-16-14-12-10-8-6-4-2/h12,14,21,23,60,64,69-70,74-75H,3-11,13,15-20,22,24-59,61-63,65-68H2,1-2H3,(H,73,76)/b14-12-,23-21-,64-60+. The SMILES string of the molecule is CCCCC/C=C\CCCCCCCC(=O)OCCCCCCCCCCCCCC/C=C\CCCCCCCCCCCCCCCCC(=O)NC(CO)C(O)/C=C/CCCCCCCCCCCCCCCCCCC. The summed E-state index contributed by atoms with van der Waals surface area (Å²) >= 11 is 0. The van der Waals surface area contributed by atoms with Crippen LogP contribution in [0.25, 0.3) is 0 Å². The van der Waals surface area contributed by atoms with Crippen LogP contribution in [0.15, 0.2) is 36.5 Å². The molecule has 0 radical (unpaired) electrons. The highest BCUT2D eigenvalue weighted by Crippen LogP contribution is 2.18. The van der Waals surface area contributed by atoms with Gasteiger partial charge < -0.3 is 20.3 Å². The fourth-order valence-electron chi connectivity index (χ4n) is 11.0. The lowest BCUT2D eigenvalue weighted by molar-refractivity contribution is -0.143. The van der Waals surface area contributed by atoms with Crippen molar-refractivity contribution in [3.63, 3.8) is 0 Å². The number of rotatable bonds is 66. The van der Waals surface area contributed by atoms with Crippen molar-refractivity contribution < 1.29 is 24.5 Å². The molecular weight excluding hydrogens is 959 g/mol. The number of carbonyl (C=O) groups is 2. The largest absolute Gasteiger partial charge is 0.466 e. The van der Waals surface area contributed by atoms with Gasteiger partial charge in [0.05, 0.1) is 25.4 Å². The number of amides is 1. The summed E-state index contributed by atoms with van der Waals surface area (Å²) in [7, 11) is 0. The Balaban J connectivity index is 3.39. The van der Waals surface area contributed by atoms with Gasteiger partial charge >= 0.3 is 5.97 Å². The molecule has 0 fully saturated rings. The predicted molar refractivity (Wildman–Crippen MR) is 343 cm³/mol. The van der Waals surface area contributed by atoms with Gasteiger partial charge in [0, 0.05) is 12.8 Å². The minimum Gasteiger partial charge on any atom is -0.466 e. The number of allylic oxidation sites excluding steroid dienone is 5. The molecule has 6 heteroatoms. The molecule has 6 nitrogen and oxygen atoms in total. The van der Waals surface area contributed by atoms with E-state index in [1.165, 1.54) is 315 Å². The second-order valence-corrected chi connectivity index (χ2v) is 24.2. The maximum atomic E-state index is 12.5. The van der Waals surface area contributed by atoms with E-state index < -0.39 is 12.1 Å². The third kappa shape index (κ3) is 63.3. The number of hydrogen-bond acceptors (Lipinski definition) is 5. The molecule has 0 saturated heterocycles. The topological polar surface area (TPSA) is 95.9 Å². The first kappa shape index (κ1) is 76.1. The van der Waals surface area contributed by atoms with Gasteiger partial charge in [-0.2, -0.15) is 0 Å². The van der Waals surface area contributed by atoms with E-state index in [1.54, 1.807) is 6.08 Å². The van der Waals surface area contributed by atoms with E-state index in [-0.39, 0.29) is 18.5 Å². The minimum absolute atomic E-state index is 0.00694. The van der Waals surface area contributed by atoms with Crippen LogP contribution in [-0.2, 0) is 14.3 Å². The molecule has 78 heavy (non-hydrogen) atoms. The second kappa shape index (κ2) is 67.6. The van der Waals surface area contributed by atoms with Crippen molar-refractivity contribution in [1.29, 1.82) is 0 Å². The lowest BCUT2D eigenvalue weighted by Crippen LogP contribution is -2.45. The zero-order valence-electron chi connectivity index (χ0n) is 52.7. The molecule has 0 bridgehead atoms. The van der Waals surface area contributed by atoms with Crippen molar-refractivity contribution in [2.45, 2.75) is 398 Å². The van der Waals surface area contributed by atoms with Crippen molar-refractivity contribution in [2.24, 2.45) is 0 Å². The summed E-state index contributed by atoms with van der Waals surface area (Å²) in [6.07, 6.45) is 86.5. The highest BCUT2D eigenvalue weighted by atomic mass is 16.5. The first-order valence-corrected chi connectivity index (χ1v) is 35.3. The van der Waals surface area contributed by atoms with Crippen molar-refractivity contribution >= 4 is 11.9 Å². The van der Waals surface area contributed by atoms with Gasteiger partial charge in [-0.05, 0) is 83.5 Å². The Hall–Kier alpha value is -1.92. The first-order chi connectivity index (χ1) is 38.5. The van der Waals surface area contributed by atoms with Gasteiger partial charge in [0.2, 0.25) is 5.91 Å². The number of carbonyl (C=O) groups excluding carboxylic acids is 2. The molecule has 0 aliphatic heterocycles. The quantitative estimate of drug-likeness (QED) is 0.0320. The van der Waals surface area contributed by atoms with E-state index in [1.807, 2.05) is 6.08 Å². The maximum Gasteiger partial charge on any atom is 0.305 e. The molecule has 0 aromatic rings. The monoisotopic (exact) mass is 1100 g/mol. The lowest BCUT2D eigenvalue weighted by Gasteiger charge is -2.20. The molecule has 0 spiro atoms. The van der Waals surface area contributed by atoms with Crippen molar-refractivity contribution in [1.82, 2.24) is 5.32 Å². The number of ether oxygens (including phenoxy) is 1. The molecule has 1 amide bonds. The predicted octanol–water partition coefficient (Wildman–Crippen LogP) is 22.7. The van der Waals surface area contributed by atoms with Gasteiger partial charge in [0.25, 0.3) is 0 Å². The zero-order valence-corrected chi connectivity index (χ0v) is 52.7. The Bertz CT molecular complexity index is 1260. The van der Waals surface area contributed by atoms with Gasteiger partial charge in [-0.25, -0.2) is 0 Å². The van der Waals surface area contributed by atoms with Crippen LogP contribution < -0.4 is 5.32 Å². The van der Waals surface area contributed by atoms with E-state index in [0.29, 0.717) is 19.4 Å². The molecule has 460 valence electrons. The molecule has 2 unspecified atom stereocenters. The van der Waals surface area contributed by atoms with Crippen molar-refractivity contribution in [2.75, 3.05) is 13.2 Å². The second-order valence-electron chi connectivity index (χ2n) is 24.2. The molecule has 0 saturated carbocycles. The Labute approximate surface area is 487 Å². The van der Waals surface area contributed by atoms with Crippen LogP contribution in [0.3, 0.4) is 0 Å². The van der Waals surface area contributed by atoms with Gasteiger partial charge in [-0.1, -0.05) is 326 Å². The molecule has 0 heterocycles. The fourth-order valence-corrected chi connectivity index (χ4v) is 11.0. The lowest BCUT2D eigenvalue weighted by atomic mass is 10.0. The summed E-state index contributed by atoms with van der Waals surface area (Å²) < 4.78 is 5.47. The Morgan fingerprint density at radius 3 is 0.936 bits per heavy atom. The highest BCUT2D eigenvalue weighted by Gasteiger charge is 2.18. The molecule has 0 aromatic carbocycles. The summed E-state index contributed by atoms with van der Waals surface area (Å²) in [5.74, 6) is -0.0563.